The van der Waals surface area contributed by atoms with Crippen molar-refractivity contribution in [3.63, 3.8) is 0 Å². The molecule has 0 unspecified atom stereocenters. The number of urea groups is 1. The van der Waals surface area contributed by atoms with Gasteiger partial charge in [0, 0.05) is 38.3 Å². The highest BCUT2D eigenvalue weighted by Crippen LogP contribution is 2.32. The molecule has 6 nitrogen and oxygen atoms in total. The first kappa shape index (κ1) is 18.8. The Labute approximate surface area is 156 Å². The van der Waals surface area contributed by atoms with Crippen LogP contribution in [0, 0.1) is 11.6 Å². The van der Waals surface area contributed by atoms with Crippen molar-refractivity contribution < 1.29 is 23.0 Å². The van der Waals surface area contributed by atoms with Crippen LogP contribution in [0.1, 0.15) is 0 Å². The Bertz CT molecular complexity index is 824. The number of anilines is 2. The van der Waals surface area contributed by atoms with Gasteiger partial charge in [-0.25, -0.2) is 13.6 Å². The SMILES string of the molecule is COc1ccc(N2CCN(C(=O)Nc3ccc(F)cc3F)CC2)c(OC)c1. The molecule has 1 aliphatic rings. The van der Waals surface area contributed by atoms with Crippen LogP contribution in [0.4, 0.5) is 25.0 Å². The lowest BCUT2D eigenvalue weighted by Crippen LogP contribution is -2.50. The number of carbonyl (C=O) groups is 1. The summed E-state index contributed by atoms with van der Waals surface area (Å²) in [4.78, 5) is 16.1. The van der Waals surface area contributed by atoms with E-state index in [1.165, 1.54) is 6.07 Å². The Hall–Kier alpha value is -3.03. The van der Waals surface area contributed by atoms with Gasteiger partial charge in [-0.05, 0) is 24.3 Å². The van der Waals surface area contributed by atoms with E-state index in [1.807, 2.05) is 18.2 Å². The molecule has 1 saturated heterocycles. The number of piperazine rings is 1. The Morgan fingerprint density at radius 1 is 1.00 bits per heavy atom. The Balaban J connectivity index is 1.62. The van der Waals surface area contributed by atoms with E-state index >= 15 is 0 Å². The first-order valence-electron chi connectivity index (χ1n) is 8.50. The van der Waals surface area contributed by atoms with Crippen LogP contribution in [0.25, 0.3) is 0 Å². The highest BCUT2D eigenvalue weighted by molar-refractivity contribution is 5.89. The minimum Gasteiger partial charge on any atom is -0.497 e. The molecule has 8 heteroatoms. The van der Waals surface area contributed by atoms with Gasteiger partial charge in [0.15, 0.2) is 0 Å². The molecule has 0 saturated carbocycles. The van der Waals surface area contributed by atoms with Crippen molar-refractivity contribution in [3.05, 3.63) is 48.0 Å². The molecule has 0 bridgehead atoms. The highest BCUT2D eigenvalue weighted by atomic mass is 19.1. The Morgan fingerprint density at radius 3 is 2.37 bits per heavy atom. The number of ether oxygens (including phenoxy) is 2. The van der Waals surface area contributed by atoms with Crippen LogP contribution in [-0.2, 0) is 0 Å². The summed E-state index contributed by atoms with van der Waals surface area (Å²) in [5, 5.41) is 2.48. The molecular formula is C19H21F2N3O3. The van der Waals surface area contributed by atoms with E-state index in [0.717, 1.165) is 17.8 Å². The van der Waals surface area contributed by atoms with E-state index in [0.29, 0.717) is 37.7 Å². The standard InChI is InChI=1S/C19H21F2N3O3/c1-26-14-4-6-17(18(12-14)27-2)23-7-9-24(10-8-23)19(25)22-16-5-3-13(20)11-15(16)21/h3-6,11-12H,7-10H2,1-2H3,(H,22,25). The molecule has 2 aromatic rings. The number of methoxy groups -OCH3 is 2. The quantitative estimate of drug-likeness (QED) is 0.888. The average Bonchev–Trinajstić information content (AvgIpc) is 2.69. The fourth-order valence-electron chi connectivity index (χ4n) is 2.98. The average molecular weight is 377 g/mol. The second kappa shape index (κ2) is 8.11. The molecule has 1 N–H and O–H groups in total. The number of amides is 2. The minimum atomic E-state index is -0.801. The van der Waals surface area contributed by atoms with E-state index in [2.05, 4.69) is 10.2 Å². The van der Waals surface area contributed by atoms with Crippen LogP contribution in [0.2, 0.25) is 0 Å². The summed E-state index contributed by atoms with van der Waals surface area (Å²) in [6.45, 7) is 2.12. The fourth-order valence-corrected chi connectivity index (χ4v) is 2.98. The molecule has 0 spiro atoms. The van der Waals surface area contributed by atoms with Gasteiger partial charge < -0.3 is 24.6 Å². The number of hydrogen-bond acceptors (Lipinski definition) is 4. The molecule has 27 heavy (non-hydrogen) atoms. The monoisotopic (exact) mass is 377 g/mol. The van der Waals surface area contributed by atoms with Crippen molar-refractivity contribution in [1.82, 2.24) is 4.90 Å². The molecule has 1 heterocycles. The van der Waals surface area contributed by atoms with Gasteiger partial charge in [0.25, 0.3) is 0 Å². The third kappa shape index (κ3) is 4.21. The lowest BCUT2D eigenvalue weighted by Gasteiger charge is -2.36. The topological polar surface area (TPSA) is 54.0 Å². The van der Waals surface area contributed by atoms with Gasteiger partial charge in [0.2, 0.25) is 0 Å². The number of rotatable bonds is 4. The van der Waals surface area contributed by atoms with Crippen LogP contribution in [0.15, 0.2) is 36.4 Å². The Kier molecular flexibility index (Phi) is 5.63. The maximum absolute atomic E-state index is 13.7. The first-order chi connectivity index (χ1) is 13.0. The number of benzene rings is 2. The van der Waals surface area contributed by atoms with Crippen LogP contribution in [0.5, 0.6) is 11.5 Å². The predicted molar refractivity (Wildman–Crippen MR) is 98.7 cm³/mol. The summed E-state index contributed by atoms with van der Waals surface area (Å²) in [5.74, 6) is -0.0897. The smallest absolute Gasteiger partial charge is 0.322 e. The number of hydrogen-bond donors (Lipinski definition) is 1. The molecule has 0 radical (unpaired) electrons. The van der Waals surface area contributed by atoms with Crippen LogP contribution < -0.4 is 19.7 Å². The van der Waals surface area contributed by atoms with Crippen molar-refractivity contribution in [2.24, 2.45) is 0 Å². The molecule has 3 rings (SSSR count). The summed E-state index contributed by atoms with van der Waals surface area (Å²) in [7, 11) is 3.19. The number of nitrogens with zero attached hydrogens (tertiary/aromatic N) is 2. The number of halogens is 2. The van der Waals surface area contributed by atoms with Gasteiger partial charge in [-0.1, -0.05) is 0 Å². The zero-order chi connectivity index (χ0) is 19.4. The van der Waals surface area contributed by atoms with Crippen LogP contribution in [-0.4, -0.2) is 51.3 Å². The summed E-state index contributed by atoms with van der Waals surface area (Å²) in [6, 6.07) is 8.22. The van der Waals surface area contributed by atoms with Gasteiger partial charge in [0.1, 0.15) is 23.1 Å². The highest BCUT2D eigenvalue weighted by Gasteiger charge is 2.24. The summed E-state index contributed by atoms with van der Waals surface area (Å²) < 4.78 is 37.3. The van der Waals surface area contributed by atoms with Crippen molar-refractivity contribution in [3.8, 4) is 11.5 Å². The zero-order valence-electron chi connectivity index (χ0n) is 15.2. The van der Waals surface area contributed by atoms with Gasteiger partial charge in [-0.3, -0.25) is 0 Å². The zero-order valence-corrected chi connectivity index (χ0v) is 15.2. The third-order valence-corrected chi connectivity index (χ3v) is 4.47. The van der Waals surface area contributed by atoms with Crippen molar-refractivity contribution in [2.45, 2.75) is 0 Å². The number of nitrogens with one attached hydrogen (secondary N) is 1. The molecule has 0 atom stereocenters. The van der Waals surface area contributed by atoms with Gasteiger partial charge in [-0.15, -0.1) is 0 Å². The lowest BCUT2D eigenvalue weighted by atomic mass is 10.2. The minimum absolute atomic E-state index is 0.0411. The summed E-state index contributed by atoms with van der Waals surface area (Å²) in [6.07, 6.45) is 0. The molecule has 1 aliphatic heterocycles. The lowest BCUT2D eigenvalue weighted by molar-refractivity contribution is 0.208. The molecule has 2 aromatic carbocycles. The van der Waals surface area contributed by atoms with E-state index in [9.17, 15) is 13.6 Å². The maximum Gasteiger partial charge on any atom is 0.322 e. The maximum atomic E-state index is 13.7. The normalized spacial score (nSPS) is 14.1. The van der Waals surface area contributed by atoms with Gasteiger partial charge in [0.05, 0.1) is 25.6 Å². The molecule has 2 amide bonds. The van der Waals surface area contributed by atoms with Crippen molar-refractivity contribution in [1.29, 1.82) is 0 Å². The van der Waals surface area contributed by atoms with Gasteiger partial charge in [-0.2, -0.15) is 0 Å². The van der Waals surface area contributed by atoms with Crippen molar-refractivity contribution >= 4 is 17.4 Å². The molecular weight excluding hydrogens is 356 g/mol. The van der Waals surface area contributed by atoms with Crippen molar-refractivity contribution in [2.75, 3.05) is 50.6 Å². The molecule has 0 aliphatic carbocycles. The third-order valence-electron chi connectivity index (χ3n) is 4.47. The van der Waals surface area contributed by atoms with E-state index < -0.39 is 17.7 Å². The predicted octanol–water partition coefficient (Wildman–Crippen LogP) is 3.34. The second-order valence-electron chi connectivity index (χ2n) is 6.07. The first-order valence-corrected chi connectivity index (χ1v) is 8.50. The van der Waals surface area contributed by atoms with E-state index in [4.69, 9.17) is 9.47 Å². The largest absolute Gasteiger partial charge is 0.497 e. The molecule has 0 aromatic heterocycles. The van der Waals surface area contributed by atoms with Crippen LogP contribution >= 0.6 is 0 Å². The molecule has 144 valence electrons. The summed E-state index contributed by atoms with van der Waals surface area (Å²) >= 11 is 0. The van der Waals surface area contributed by atoms with E-state index in [1.54, 1.807) is 19.1 Å². The molecule has 1 fully saturated rings. The van der Waals surface area contributed by atoms with E-state index in [-0.39, 0.29) is 5.69 Å². The fraction of sp³-hybridized carbons (Fsp3) is 0.316. The second-order valence-corrected chi connectivity index (χ2v) is 6.07. The number of carbonyl (C=O) groups excluding carboxylic acids is 1. The summed E-state index contributed by atoms with van der Waals surface area (Å²) in [5.41, 5.74) is 0.878. The Morgan fingerprint density at radius 2 is 1.74 bits per heavy atom. The van der Waals surface area contributed by atoms with Gasteiger partial charge >= 0.3 is 6.03 Å². The van der Waals surface area contributed by atoms with Crippen LogP contribution in [0.3, 0.4) is 0 Å².